The predicted octanol–water partition coefficient (Wildman–Crippen LogP) is 1.94. The Morgan fingerprint density at radius 3 is 2.67 bits per heavy atom. The largest absolute Gasteiger partial charge is 0.370 e. The monoisotopic (exact) mass is 291 g/mol. The Morgan fingerprint density at radius 2 is 2.05 bits per heavy atom. The molecule has 1 heterocycles. The summed E-state index contributed by atoms with van der Waals surface area (Å²) >= 11 is 0. The average Bonchev–Trinajstić information content (AvgIpc) is 3.28. The SMILES string of the molecule is CCCNc1cc(NC(C)C(=O)NC2CC2)nc(CC)n1. The van der Waals surface area contributed by atoms with E-state index in [2.05, 4.69) is 32.8 Å². The number of hydrogen-bond donors (Lipinski definition) is 3. The van der Waals surface area contributed by atoms with E-state index in [-0.39, 0.29) is 11.9 Å². The molecule has 21 heavy (non-hydrogen) atoms. The lowest BCUT2D eigenvalue weighted by molar-refractivity contribution is -0.121. The predicted molar refractivity (Wildman–Crippen MR) is 84.4 cm³/mol. The van der Waals surface area contributed by atoms with E-state index in [0.717, 1.165) is 43.9 Å². The quantitative estimate of drug-likeness (QED) is 0.682. The van der Waals surface area contributed by atoms with Gasteiger partial charge < -0.3 is 16.0 Å². The van der Waals surface area contributed by atoms with Crippen molar-refractivity contribution in [2.45, 2.75) is 58.5 Å². The molecule has 1 aliphatic rings. The number of carbonyl (C=O) groups is 1. The molecule has 1 aromatic rings. The molecule has 6 heteroatoms. The summed E-state index contributed by atoms with van der Waals surface area (Å²) in [5.74, 6) is 2.30. The Morgan fingerprint density at radius 1 is 1.33 bits per heavy atom. The fourth-order valence-corrected chi connectivity index (χ4v) is 1.91. The average molecular weight is 291 g/mol. The van der Waals surface area contributed by atoms with Crippen LogP contribution in [0.4, 0.5) is 11.6 Å². The Kier molecular flexibility index (Phi) is 5.36. The third kappa shape index (κ3) is 4.88. The molecule has 1 aliphatic carbocycles. The fourth-order valence-electron chi connectivity index (χ4n) is 1.91. The molecule has 0 saturated heterocycles. The molecule has 1 saturated carbocycles. The highest BCUT2D eigenvalue weighted by molar-refractivity contribution is 5.84. The number of rotatable bonds is 8. The summed E-state index contributed by atoms with van der Waals surface area (Å²) in [4.78, 5) is 20.8. The minimum Gasteiger partial charge on any atom is -0.370 e. The van der Waals surface area contributed by atoms with E-state index in [1.807, 2.05) is 19.9 Å². The van der Waals surface area contributed by atoms with Gasteiger partial charge in [-0.3, -0.25) is 4.79 Å². The number of carbonyl (C=O) groups excluding carboxylic acids is 1. The van der Waals surface area contributed by atoms with Gasteiger partial charge in [-0.05, 0) is 26.2 Å². The van der Waals surface area contributed by atoms with Crippen molar-refractivity contribution in [1.29, 1.82) is 0 Å². The van der Waals surface area contributed by atoms with Gasteiger partial charge in [-0.2, -0.15) is 0 Å². The number of nitrogens with zero attached hydrogens (tertiary/aromatic N) is 2. The summed E-state index contributed by atoms with van der Waals surface area (Å²) < 4.78 is 0. The molecule has 0 spiro atoms. The van der Waals surface area contributed by atoms with Crippen LogP contribution >= 0.6 is 0 Å². The first kappa shape index (κ1) is 15.5. The van der Waals surface area contributed by atoms with Crippen LogP contribution in [0.3, 0.4) is 0 Å². The highest BCUT2D eigenvalue weighted by Crippen LogP contribution is 2.19. The standard InChI is InChI=1S/C15H25N5O/c1-4-8-16-13-9-14(20-12(5-2)19-13)17-10(3)15(21)18-11-6-7-11/h9-11H,4-8H2,1-3H3,(H,18,21)(H2,16,17,19,20). The van der Waals surface area contributed by atoms with Crippen LogP contribution in [0.15, 0.2) is 6.07 Å². The highest BCUT2D eigenvalue weighted by atomic mass is 16.2. The van der Waals surface area contributed by atoms with Gasteiger partial charge in [-0.25, -0.2) is 9.97 Å². The molecule has 0 aromatic carbocycles. The zero-order valence-corrected chi connectivity index (χ0v) is 13.1. The van der Waals surface area contributed by atoms with Crippen molar-refractivity contribution in [3.05, 3.63) is 11.9 Å². The number of anilines is 2. The van der Waals surface area contributed by atoms with E-state index in [4.69, 9.17) is 0 Å². The van der Waals surface area contributed by atoms with Gasteiger partial charge >= 0.3 is 0 Å². The van der Waals surface area contributed by atoms with E-state index in [0.29, 0.717) is 11.9 Å². The summed E-state index contributed by atoms with van der Waals surface area (Å²) in [7, 11) is 0. The number of nitrogens with one attached hydrogen (secondary N) is 3. The summed E-state index contributed by atoms with van der Waals surface area (Å²) in [6.07, 6.45) is 3.99. The van der Waals surface area contributed by atoms with Gasteiger partial charge in [0.2, 0.25) is 5.91 Å². The number of aryl methyl sites for hydroxylation is 1. The maximum absolute atomic E-state index is 12.0. The molecular formula is C15H25N5O. The van der Waals surface area contributed by atoms with Crippen molar-refractivity contribution in [1.82, 2.24) is 15.3 Å². The Balaban J connectivity index is 2.00. The minimum atomic E-state index is -0.302. The molecule has 0 bridgehead atoms. The number of aromatic nitrogens is 2. The molecular weight excluding hydrogens is 266 g/mol. The first-order chi connectivity index (χ1) is 10.1. The van der Waals surface area contributed by atoms with E-state index >= 15 is 0 Å². The lowest BCUT2D eigenvalue weighted by Crippen LogP contribution is -2.38. The maximum atomic E-state index is 12.0. The van der Waals surface area contributed by atoms with Crippen molar-refractivity contribution in [3.8, 4) is 0 Å². The normalized spacial score (nSPS) is 15.4. The van der Waals surface area contributed by atoms with Crippen molar-refractivity contribution < 1.29 is 4.79 Å². The summed E-state index contributed by atoms with van der Waals surface area (Å²) in [5.41, 5.74) is 0. The lowest BCUT2D eigenvalue weighted by atomic mass is 10.3. The van der Waals surface area contributed by atoms with Gasteiger partial charge in [-0.1, -0.05) is 13.8 Å². The van der Waals surface area contributed by atoms with E-state index in [9.17, 15) is 4.79 Å². The lowest BCUT2D eigenvalue weighted by Gasteiger charge is -2.16. The minimum absolute atomic E-state index is 0.0252. The van der Waals surface area contributed by atoms with Crippen LogP contribution in [-0.2, 0) is 11.2 Å². The van der Waals surface area contributed by atoms with Crippen LogP contribution in [0.25, 0.3) is 0 Å². The summed E-state index contributed by atoms with van der Waals surface area (Å²) in [6, 6.07) is 1.93. The first-order valence-electron chi connectivity index (χ1n) is 7.81. The second-order valence-corrected chi connectivity index (χ2v) is 5.48. The molecule has 0 radical (unpaired) electrons. The zero-order chi connectivity index (χ0) is 15.2. The summed E-state index contributed by atoms with van der Waals surface area (Å²) in [6.45, 7) is 6.85. The van der Waals surface area contributed by atoms with Crippen LogP contribution in [0.1, 0.15) is 45.9 Å². The van der Waals surface area contributed by atoms with Crippen LogP contribution in [-0.4, -0.2) is 34.5 Å². The molecule has 0 aliphatic heterocycles. The number of amides is 1. The molecule has 116 valence electrons. The van der Waals surface area contributed by atoms with Gasteiger partial charge in [0.15, 0.2) is 0 Å². The summed E-state index contributed by atoms with van der Waals surface area (Å²) in [5, 5.41) is 9.42. The van der Waals surface area contributed by atoms with Crippen LogP contribution in [0.5, 0.6) is 0 Å². The second-order valence-electron chi connectivity index (χ2n) is 5.48. The Labute approximate surface area is 126 Å². The van der Waals surface area contributed by atoms with Crippen molar-refractivity contribution >= 4 is 17.5 Å². The first-order valence-corrected chi connectivity index (χ1v) is 7.81. The Bertz CT molecular complexity index is 487. The van der Waals surface area contributed by atoms with Gasteiger partial charge in [0.1, 0.15) is 23.5 Å². The Hall–Kier alpha value is -1.85. The zero-order valence-electron chi connectivity index (χ0n) is 13.1. The van der Waals surface area contributed by atoms with Gasteiger partial charge in [0.05, 0.1) is 0 Å². The van der Waals surface area contributed by atoms with E-state index < -0.39 is 0 Å². The molecule has 1 atom stereocenters. The molecule has 6 nitrogen and oxygen atoms in total. The van der Waals surface area contributed by atoms with Gasteiger partial charge in [-0.15, -0.1) is 0 Å². The topological polar surface area (TPSA) is 78.9 Å². The van der Waals surface area contributed by atoms with E-state index in [1.54, 1.807) is 0 Å². The van der Waals surface area contributed by atoms with Crippen molar-refractivity contribution in [2.75, 3.05) is 17.2 Å². The fraction of sp³-hybridized carbons (Fsp3) is 0.667. The molecule has 1 fully saturated rings. The molecule has 3 N–H and O–H groups in total. The highest BCUT2D eigenvalue weighted by Gasteiger charge is 2.25. The maximum Gasteiger partial charge on any atom is 0.242 e. The third-order valence-electron chi connectivity index (χ3n) is 3.33. The van der Waals surface area contributed by atoms with Gasteiger partial charge in [0, 0.05) is 25.1 Å². The van der Waals surface area contributed by atoms with Crippen LogP contribution in [0, 0.1) is 0 Å². The van der Waals surface area contributed by atoms with Crippen LogP contribution in [0.2, 0.25) is 0 Å². The molecule has 1 aromatic heterocycles. The van der Waals surface area contributed by atoms with E-state index in [1.165, 1.54) is 0 Å². The van der Waals surface area contributed by atoms with Crippen LogP contribution < -0.4 is 16.0 Å². The van der Waals surface area contributed by atoms with Crippen molar-refractivity contribution in [2.24, 2.45) is 0 Å². The smallest absolute Gasteiger partial charge is 0.242 e. The molecule has 1 unspecified atom stereocenters. The molecule has 1 amide bonds. The van der Waals surface area contributed by atoms with Gasteiger partial charge in [0.25, 0.3) is 0 Å². The number of hydrogen-bond acceptors (Lipinski definition) is 5. The molecule has 2 rings (SSSR count). The second kappa shape index (κ2) is 7.24. The third-order valence-corrected chi connectivity index (χ3v) is 3.33. The van der Waals surface area contributed by atoms with Crippen molar-refractivity contribution in [3.63, 3.8) is 0 Å².